The van der Waals surface area contributed by atoms with E-state index < -0.39 is 0 Å². The average Bonchev–Trinajstić information content (AvgIpc) is 3.37. The summed E-state index contributed by atoms with van der Waals surface area (Å²) in [5, 5.41) is 7.85. The number of methoxy groups -OCH3 is 1. The van der Waals surface area contributed by atoms with Gasteiger partial charge in [0.2, 0.25) is 0 Å². The molecule has 0 aromatic heterocycles. The molecular formula is C54H71NO12. The molecule has 2 fully saturated rings. The van der Waals surface area contributed by atoms with Crippen molar-refractivity contribution in [2.75, 3.05) is 46.8 Å². The normalized spacial score (nSPS) is 17.5. The van der Waals surface area contributed by atoms with Gasteiger partial charge in [0, 0.05) is 29.8 Å². The molecule has 0 heterocycles. The lowest BCUT2D eigenvalue weighted by atomic mass is 9.82. The van der Waals surface area contributed by atoms with Crippen LogP contribution in [0, 0.1) is 29.1 Å². The van der Waals surface area contributed by atoms with Gasteiger partial charge in [-0.2, -0.15) is 0 Å². The Morgan fingerprint density at radius 2 is 1.03 bits per heavy atom. The fourth-order valence-corrected chi connectivity index (χ4v) is 7.77. The Labute approximate surface area is 397 Å². The molecule has 0 unspecified atom stereocenters. The number of unbranched alkanes of at least 4 members (excludes halogenated alkanes) is 6. The van der Waals surface area contributed by atoms with Crippen molar-refractivity contribution in [2.45, 2.75) is 103 Å². The molecule has 0 amide bonds. The lowest BCUT2D eigenvalue weighted by Crippen LogP contribution is -2.27. The van der Waals surface area contributed by atoms with Crippen LogP contribution in [0.2, 0.25) is 0 Å². The molecule has 0 bridgehead atoms. The fraction of sp³-hybridized carbons (Fsp3) is 0.500. The molecule has 0 spiro atoms. The van der Waals surface area contributed by atoms with Gasteiger partial charge in [-0.05, 0) is 181 Å². The zero-order valence-electron chi connectivity index (χ0n) is 39.3. The van der Waals surface area contributed by atoms with E-state index in [1.165, 1.54) is 18.4 Å². The maximum atomic E-state index is 12.8. The molecule has 13 nitrogen and oxygen atoms in total. The van der Waals surface area contributed by atoms with Gasteiger partial charge in [0.05, 0.1) is 52.7 Å². The van der Waals surface area contributed by atoms with Gasteiger partial charge in [-0.15, -0.1) is 0 Å². The molecule has 1 N–H and O–H groups in total. The Hall–Kier alpha value is -6.11. The van der Waals surface area contributed by atoms with Crippen LogP contribution in [0.4, 0.5) is 0 Å². The van der Waals surface area contributed by atoms with Gasteiger partial charge in [-0.1, -0.05) is 13.2 Å². The minimum Gasteiger partial charge on any atom is -0.497 e. The minimum absolute atomic E-state index is 0.128. The van der Waals surface area contributed by atoms with Crippen molar-refractivity contribution < 1.29 is 57.1 Å². The maximum absolute atomic E-state index is 12.8. The number of benzene rings is 3. The molecule has 0 radical (unpaired) electrons. The zero-order valence-corrected chi connectivity index (χ0v) is 39.3. The highest BCUT2D eigenvalue weighted by molar-refractivity contribution is 5.82. The molecule has 3 aromatic rings. The number of hydrogen-bond acceptors (Lipinski definition) is 13. The van der Waals surface area contributed by atoms with Crippen LogP contribution in [0.3, 0.4) is 0 Å². The minimum atomic E-state index is -0.386. The molecule has 13 heteroatoms. The number of aldehydes is 1. The molecule has 0 atom stereocenters. The van der Waals surface area contributed by atoms with Crippen LogP contribution in [0.5, 0.6) is 34.5 Å². The summed E-state index contributed by atoms with van der Waals surface area (Å²) in [5.41, 5.74) is 0.688. The topological polar surface area (TPSA) is 166 Å². The lowest BCUT2D eigenvalue weighted by molar-refractivity contribution is -0.140. The second-order valence-electron chi connectivity index (χ2n) is 16.9. The highest BCUT2D eigenvalue weighted by Gasteiger charge is 2.28. The van der Waals surface area contributed by atoms with Crippen LogP contribution in [0.1, 0.15) is 108 Å². The first-order valence-electron chi connectivity index (χ1n) is 23.9. The average molecular weight is 926 g/mol. The van der Waals surface area contributed by atoms with Crippen molar-refractivity contribution in [3.63, 3.8) is 0 Å². The van der Waals surface area contributed by atoms with Crippen LogP contribution < -0.4 is 28.4 Å². The number of carbonyl (C=O) groups excluding carboxylic acids is 4. The Balaban J connectivity index is 0.000000410. The van der Waals surface area contributed by atoms with E-state index in [0.29, 0.717) is 74.3 Å². The van der Waals surface area contributed by atoms with Crippen molar-refractivity contribution in [3.05, 3.63) is 97.6 Å². The molecule has 2 aliphatic rings. The summed E-state index contributed by atoms with van der Waals surface area (Å²) in [7, 11) is 1.64. The number of rotatable bonds is 29. The SMILES string of the molecule is C=CC(=O)OCCCCCCOc1ccc(OC(=O)C2CCC(COc3ccc(OCC4CCC(C=O)CC4)c(C=N)c3)CC2)cc1.C=CC(=O)OCCCCCCOc1ccc(OC)cc1. The van der Waals surface area contributed by atoms with Gasteiger partial charge in [-0.3, -0.25) is 4.79 Å². The van der Waals surface area contributed by atoms with Gasteiger partial charge >= 0.3 is 17.9 Å². The van der Waals surface area contributed by atoms with E-state index in [1.807, 2.05) is 54.6 Å². The van der Waals surface area contributed by atoms with Crippen molar-refractivity contribution in [2.24, 2.45) is 23.7 Å². The summed E-state index contributed by atoms with van der Waals surface area (Å²) in [6.07, 6.45) is 19.5. The van der Waals surface area contributed by atoms with E-state index >= 15 is 0 Å². The van der Waals surface area contributed by atoms with E-state index in [2.05, 4.69) is 13.2 Å². The van der Waals surface area contributed by atoms with Gasteiger partial charge in [0.1, 0.15) is 40.8 Å². The third kappa shape index (κ3) is 21.4. The second kappa shape index (κ2) is 31.7. The fourth-order valence-electron chi connectivity index (χ4n) is 7.77. The summed E-state index contributed by atoms with van der Waals surface area (Å²) >= 11 is 0. The van der Waals surface area contributed by atoms with Gasteiger partial charge in [0.15, 0.2) is 0 Å². The van der Waals surface area contributed by atoms with Crippen molar-refractivity contribution in [1.82, 2.24) is 0 Å². The summed E-state index contributed by atoms with van der Waals surface area (Å²) in [5.74, 6) is 4.23. The Morgan fingerprint density at radius 3 is 1.52 bits per heavy atom. The smallest absolute Gasteiger partial charge is 0.330 e. The molecule has 364 valence electrons. The van der Waals surface area contributed by atoms with Gasteiger partial charge in [-0.25, -0.2) is 9.59 Å². The summed E-state index contributed by atoms with van der Waals surface area (Å²) in [6.45, 7) is 10.0. The second-order valence-corrected chi connectivity index (χ2v) is 16.9. The summed E-state index contributed by atoms with van der Waals surface area (Å²) < 4.78 is 44.1. The zero-order chi connectivity index (χ0) is 47.9. The molecule has 0 saturated heterocycles. The molecule has 5 rings (SSSR count). The van der Waals surface area contributed by atoms with E-state index in [0.717, 1.165) is 126 Å². The first-order valence-corrected chi connectivity index (χ1v) is 23.9. The van der Waals surface area contributed by atoms with E-state index in [4.69, 9.17) is 43.3 Å². The van der Waals surface area contributed by atoms with Crippen LogP contribution in [-0.2, 0) is 28.7 Å². The molecule has 2 saturated carbocycles. The first kappa shape index (κ1) is 53.5. The van der Waals surface area contributed by atoms with Crippen molar-refractivity contribution >= 4 is 30.4 Å². The largest absolute Gasteiger partial charge is 0.497 e. The van der Waals surface area contributed by atoms with Gasteiger partial charge < -0.3 is 48.1 Å². The van der Waals surface area contributed by atoms with Gasteiger partial charge in [0.25, 0.3) is 0 Å². The van der Waals surface area contributed by atoms with E-state index in [9.17, 15) is 19.2 Å². The number of hydrogen-bond donors (Lipinski definition) is 1. The Morgan fingerprint density at radius 1 is 0.567 bits per heavy atom. The predicted octanol–water partition coefficient (Wildman–Crippen LogP) is 10.9. The highest BCUT2D eigenvalue weighted by Crippen LogP contribution is 2.33. The van der Waals surface area contributed by atoms with Crippen molar-refractivity contribution in [3.8, 4) is 34.5 Å². The maximum Gasteiger partial charge on any atom is 0.330 e. The predicted molar refractivity (Wildman–Crippen MR) is 258 cm³/mol. The third-order valence-electron chi connectivity index (χ3n) is 11.9. The molecule has 0 aliphatic heterocycles. The van der Waals surface area contributed by atoms with Crippen LogP contribution in [0.15, 0.2) is 92.0 Å². The Kier molecular flexibility index (Phi) is 25.3. The van der Waals surface area contributed by atoms with Crippen LogP contribution in [-0.4, -0.2) is 77.2 Å². The van der Waals surface area contributed by atoms with E-state index in [-0.39, 0.29) is 29.7 Å². The monoisotopic (exact) mass is 925 g/mol. The van der Waals surface area contributed by atoms with Crippen LogP contribution >= 0.6 is 0 Å². The summed E-state index contributed by atoms with van der Waals surface area (Å²) in [6, 6.07) is 20.3. The number of ether oxygens (including phenoxy) is 8. The molecule has 2 aliphatic carbocycles. The quantitative estimate of drug-likeness (QED) is 0.0175. The molecule has 3 aromatic carbocycles. The summed E-state index contributed by atoms with van der Waals surface area (Å²) in [4.78, 5) is 45.6. The number of esters is 3. The highest BCUT2D eigenvalue weighted by atomic mass is 16.5. The molecular weight excluding hydrogens is 855 g/mol. The number of carbonyl (C=O) groups is 4. The van der Waals surface area contributed by atoms with Crippen molar-refractivity contribution in [1.29, 1.82) is 5.41 Å². The standard InChI is InChI=1S/C38H49NO8.C16H22O4/c1-2-37(41)44-22-6-4-3-5-21-43-33-15-17-34(18-16-33)47-38(42)31-13-11-30(12-14-31)26-45-35-19-20-36(32(23-35)24-39)46-27-29-9-7-28(25-40)8-10-29;1-3-16(17)20-13-7-5-4-6-12-19-15-10-8-14(18-2)9-11-15/h2,15-20,23-25,28-31,39H,1,3-14,21-22,26-27H2;3,8-11H,1,4-7,12-13H2,2H3. The molecule has 67 heavy (non-hydrogen) atoms. The lowest BCUT2D eigenvalue weighted by Gasteiger charge is -2.27. The van der Waals surface area contributed by atoms with Crippen LogP contribution in [0.25, 0.3) is 0 Å². The third-order valence-corrected chi connectivity index (χ3v) is 11.9. The van der Waals surface area contributed by atoms with E-state index in [1.54, 1.807) is 19.2 Å². The number of nitrogens with one attached hydrogen (secondary N) is 1. The first-order chi connectivity index (χ1) is 32.7. The Bertz CT molecular complexity index is 1930.